The number of hydrogen-bond donors (Lipinski definition) is 2. The monoisotopic (exact) mass is 402 g/mol. The summed E-state index contributed by atoms with van der Waals surface area (Å²) in [6.07, 6.45) is -2.00. The van der Waals surface area contributed by atoms with Gasteiger partial charge in [-0.3, -0.25) is 9.59 Å². The number of carbonyl (C=O) groups excluding carboxylic acids is 2. The molecular weight excluding hydrogens is 389 g/mol. The van der Waals surface area contributed by atoms with Crippen LogP contribution >= 0.6 is 22.9 Å². The number of fused-ring (bicyclic) bond motifs is 1. The summed E-state index contributed by atoms with van der Waals surface area (Å²) in [5, 5.41) is 4.94. The molecule has 1 aromatic carbocycles. The minimum atomic E-state index is -5.02. The molecule has 0 atom stereocenters. The zero-order valence-corrected chi connectivity index (χ0v) is 14.9. The molecule has 1 aromatic heterocycles. The Bertz CT molecular complexity index is 847. The molecule has 2 N–H and O–H groups in total. The Kier molecular flexibility index (Phi) is 5.24. The summed E-state index contributed by atoms with van der Waals surface area (Å²) in [6.45, 7) is 0. The van der Waals surface area contributed by atoms with Crippen LogP contribution in [0.4, 0.5) is 23.9 Å². The van der Waals surface area contributed by atoms with E-state index in [4.69, 9.17) is 11.6 Å². The van der Waals surface area contributed by atoms with Crippen LogP contribution in [0.5, 0.6) is 0 Å². The quantitative estimate of drug-likeness (QED) is 0.756. The lowest BCUT2D eigenvalue weighted by atomic mass is 9.95. The van der Waals surface area contributed by atoms with E-state index in [2.05, 4.69) is 5.32 Å². The molecule has 0 unspecified atom stereocenters. The second kappa shape index (κ2) is 7.28. The number of nitrogens with one attached hydrogen (secondary N) is 2. The maximum atomic E-state index is 12.7. The largest absolute Gasteiger partial charge is 0.471 e. The molecule has 1 aliphatic rings. The fourth-order valence-electron chi connectivity index (χ4n) is 2.79. The molecule has 0 bridgehead atoms. The zero-order chi connectivity index (χ0) is 18.9. The fourth-order valence-corrected chi connectivity index (χ4v) is 4.20. The third kappa shape index (κ3) is 4.02. The van der Waals surface area contributed by atoms with E-state index in [0.29, 0.717) is 29.1 Å². The van der Waals surface area contributed by atoms with Gasteiger partial charge in [0.25, 0.3) is 5.91 Å². The minimum absolute atomic E-state index is 0.0642. The molecule has 0 fully saturated rings. The maximum absolute atomic E-state index is 12.7. The van der Waals surface area contributed by atoms with Crippen LogP contribution in [-0.4, -0.2) is 18.0 Å². The lowest BCUT2D eigenvalue weighted by molar-refractivity contribution is -0.167. The van der Waals surface area contributed by atoms with Crippen LogP contribution < -0.4 is 10.6 Å². The maximum Gasteiger partial charge on any atom is 0.471 e. The number of benzene rings is 1. The Morgan fingerprint density at radius 2 is 1.69 bits per heavy atom. The molecule has 1 heterocycles. The summed E-state index contributed by atoms with van der Waals surface area (Å²) in [5.74, 6) is -2.64. The first-order valence-corrected chi connectivity index (χ1v) is 9.05. The number of alkyl halides is 3. The van der Waals surface area contributed by atoms with Crippen LogP contribution in [0.25, 0.3) is 0 Å². The van der Waals surface area contributed by atoms with E-state index in [9.17, 15) is 22.8 Å². The van der Waals surface area contributed by atoms with Crippen molar-refractivity contribution in [1.29, 1.82) is 0 Å². The molecule has 2 aromatic rings. The van der Waals surface area contributed by atoms with Gasteiger partial charge >= 0.3 is 12.1 Å². The van der Waals surface area contributed by atoms with Crippen LogP contribution in [0.1, 0.15) is 33.6 Å². The van der Waals surface area contributed by atoms with Gasteiger partial charge in [0.05, 0.1) is 5.56 Å². The van der Waals surface area contributed by atoms with Crippen molar-refractivity contribution in [2.75, 3.05) is 10.6 Å². The number of carbonyl (C=O) groups is 2. The third-order valence-corrected chi connectivity index (χ3v) is 5.44. The lowest BCUT2D eigenvalue weighted by Gasteiger charge is -2.13. The Morgan fingerprint density at radius 3 is 2.35 bits per heavy atom. The van der Waals surface area contributed by atoms with Gasteiger partial charge in [-0.1, -0.05) is 11.6 Å². The SMILES string of the molecule is O=C(Nc1ccc(Cl)cc1)c1c(NC(=O)C(F)(F)F)sc2c1CCCC2. The summed E-state index contributed by atoms with van der Waals surface area (Å²) >= 11 is 6.84. The summed E-state index contributed by atoms with van der Waals surface area (Å²) < 4.78 is 37.8. The summed E-state index contributed by atoms with van der Waals surface area (Å²) in [5.41, 5.74) is 1.28. The number of aryl methyl sites for hydroxylation is 1. The highest BCUT2D eigenvalue weighted by Crippen LogP contribution is 2.39. The topological polar surface area (TPSA) is 58.2 Å². The molecule has 0 saturated carbocycles. The van der Waals surface area contributed by atoms with Crippen LogP contribution in [0.3, 0.4) is 0 Å². The van der Waals surface area contributed by atoms with Crippen molar-refractivity contribution in [2.24, 2.45) is 0 Å². The standard InChI is InChI=1S/C17H14ClF3N2O2S/c18-9-5-7-10(8-6-9)22-14(24)13-11-3-1-2-4-12(11)26-15(13)23-16(25)17(19,20)21/h5-8H,1-4H2,(H,22,24)(H,23,25). The molecule has 2 amide bonds. The van der Waals surface area contributed by atoms with Crippen molar-refractivity contribution >= 4 is 45.4 Å². The molecule has 4 nitrogen and oxygen atoms in total. The smallest absolute Gasteiger partial charge is 0.322 e. The normalized spacial score (nSPS) is 13.8. The number of halogens is 4. The first kappa shape index (κ1) is 18.7. The van der Waals surface area contributed by atoms with E-state index in [0.717, 1.165) is 29.1 Å². The van der Waals surface area contributed by atoms with Gasteiger partial charge in [0.1, 0.15) is 5.00 Å². The Hall–Kier alpha value is -2.06. The van der Waals surface area contributed by atoms with E-state index in [-0.39, 0.29) is 10.6 Å². The second-order valence-electron chi connectivity index (χ2n) is 5.83. The molecule has 0 radical (unpaired) electrons. The lowest BCUT2D eigenvalue weighted by Crippen LogP contribution is -2.30. The predicted molar refractivity (Wildman–Crippen MR) is 95.1 cm³/mol. The number of anilines is 2. The van der Waals surface area contributed by atoms with Gasteiger partial charge in [0.15, 0.2) is 0 Å². The third-order valence-electron chi connectivity index (χ3n) is 3.98. The highest BCUT2D eigenvalue weighted by molar-refractivity contribution is 7.17. The minimum Gasteiger partial charge on any atom is -0.322 e. The van der Waals surface area contributed by atoms with Crippen LogP contribution in [0.2, 0.25) is 5.02 Å². The van der Waals surface area contributed by atoms with Crippen LogP contribution in [-0.2, 0) is 17.6 Å². The van der Waals surface area contributed by atoms with Gasteiger partial charge in [-0.05, 0) is 55.5 Å². The van der Waals surface area contributed by atoms with Gasteiger partial charge in [0.2, 0.25) is 0 Å². The Morgan fingerprint density at radius 1 is 1.04 bits per heavy atom. The molecule has 9 heteroatoms. The number of amides is 2. The Labute approximate surface area is 156 Å². The van der Waals surface area contributed by atoms with E-state index in [1.807, 2.05) is 5.32 Å². The molecular formula is C17H14ClF3N2O2S. The molecule has 138 valence electrons. The fraction of sp³-hybridized carbons (Fsp3) is 0.294. The molecule has 0 spiro atoms. The van der Waals surface area contributed by atoms with Gasteiger partial charge in [-0.15, -0.1) is 11.3 Å². The number of thiophene rings is 1. The first-order valence-electron chi connectivity index (χ1n) is 7.85. The van der Waals surface area contributed by atoms with E-state index in [1.165, 1.54) is 0 Å². The van der Waals surface area contributed by atoms with Crippen molar-refractivity contribution in [3.63, 3.8) is 0 Å². The first-order chi connectivity index (χ1) is 12.3. The van der Waals surface area contributed by atoms with Crippen molar-refractivity contribution in [1.82, 2.24) is 0 Å². The molecule has 0 saturated heterocycles. The summed E-state index contributed by atoms with van der Waals surface area (Å²) in [6, 6.07) is 6.36. The average molecular weight is 403 g/mol. The van der Waals surface area contributed by atoms with E-state index >= 15 is 0 Å². The zero-order valence-electron chi connectivity index (χ0n) is 13.4. The van der Waals surface area contributed by atoms with Crippen LogP contribution in [0, 0.1) is 0 Å². The average Bonchev–Trinajstić information content (AvgIpc) is 2.94. The molecule has 26 heavy (non-hydrogen) atoms. The van der Waals surface area contributed by atoms with Crippen molar-refractivity contribution in [2.45, 2.75) is 31.9 Å². The number of hydrogen-bond acceptors (Lipinski definition) is 3. The van der Waals surface area contributed by atoms with Crippen LogP contribution in [0.15, 0.2) is 24.3 Å². The highest BCUT2D eigenvalue weighted by Gasteiger charge is 2.40. The predicted octanol–water partition coefficient (Wildman–Crippen LogP) is 5.03. The van der Waals surface area contributed by atoms with E-state index in [1.54, 1.807) is 24.3 Å². The summed E-state index contributed by atoms with van der Waals surface area (Å²) in [4.78, 5) is 24.9. The summed E-state index contributed by atoms with van der Waals surface area (Å²) in [7, 11) is 0. The Balaban J connectivity index is 1.93. The van der Waals surface area contributed by atoms with Gasteiger partial charge in [0, 0.05) is 15.6 Å². The molecule has 3 rings (SSSR count). The van der Waals surface area contributed by atoms with Gasteiger partial charge < -0.3 is 10.6 Å². The second-order valence-corrected chi connectivity index (χ2v) is 7.37. The van der Waals surface area contributed by atoms with Crippen molar-refractivity contribution in [3.05, 3.63) is 45.3 Å². The number of rotatable bonds is 3. The molecule has 1 aliphatic carbocycles. The highest BCUT2D eigenvalue weighted by atomic mass is 35.5. The van der Waals surface area contributed by atoms with Crippen molar-refractivity contribution in [3.8, 4) is 0 Å². The van der Waals surface area contributed by atoms with Gasteiger partial charge in [-0.25, -0.2) is 0 Å². The van der Waals surface area contributed by atoms with E-state index < -0.39 is 18.0 Å². The van der Waals surface area contributed by atoms with Crippen molar-refractivity contribution < 1.29 is 22.8 Å². The molecule has 0 aliphatic heterocycles. The van der Waals surface area contributed by atoms with Gasteiger partial charge in [-0.2, -0.15) is 13.2 Å².